The second kappa shape index (κ2) is 4.54. The van der Waals surface area contributed by atoms with E-state index >= 15 is 0 Å². The summed E-state index contributed by atoms with van der Waals surface area (Å²) >= 11 is 0. The molecule has 1 aliphatic rings. The van der Waals surface area contributed by atoms with Crippen molar-refractivity contribution >= 4 is 11.4 Å². The minimum atomic E-state index is -0.681. The van der Waals surface area contributed by atoms with Crippen molar-refractivity contribution in [2.24, 2.45) is 0 Å². The Kier molecular flexibility index (Phi) is 3.65. The summed E-state index contributed by atoms with van der Waals surface area (Å²) in [5.74, 6) is 0. The highest BCUT2D eigenvalue weighted by Crippen LogP contribution is 2.54. The highest BCUT2D eigenvalue weighted by Gasteiger charge is 2.49. The molecule has 0 saturated heterocycles. The van der Waals surface area contributed by atoms with Gasteiger partial charge in [-0.1, -0.05) is 41.2 Å². The number of nitrogens with zero attached hydrogens (tertiary/aromatic N) is 2. The summed E-state index contributed by atoms with van der Waals surface area (Å²) in [5.41, 5.74) is -0.0643. The minimum Gasteiger partial charge on any atom is -0.258 e. The summed E-state index contributed by atoms with van der Waals surface area (Å²) in [6.07, 6.45) is 0.733. The molecule has 110 valence electrons. The average molecular weight is 280 g/mol. The fourth-order valence-corrected chi connectivity index (χ4v) is 3.45. The van der Waals surface area contributed by atoms with E-state index in [1.807, 2.05) is 27.7 Å². The van der Waals surface area contributed by atoms with Gasteiger partial charge in [0, 0.05) is 11.6 Å². The Bertz CT molecular complexity index is 591. The molecular weight excluding hydrogens is 260 g/mol. The van der Waals surface area contributed by atoms with E-state index < -0.39 is 20.9 Å². The molecule has 0 N–H and O–H groups in total. The van der Waals surface area contributed by atoms with Crippen molar-refractivity contribution < 1.29 is 9.85 Å². The van der Waals surface area contributed by atoms with Gasteiger partial charge in [0.1, 0.15) is 0 Å². The van der Waals surface area contributed by atoms with Crippen LogP contribution in [0.25, 0.3) is 0 Å². The van der Waals surface area contributed by atoms with Gasteiger partial charge in [-0.25, -0.2) is 0 Å². The van der Waals surface area contributed by atoms with E-state index in [2.05, 4.69) is 0 Å². The quantitative estimate of drug-likeness (QED) is 0.602. The maximum absolute atomic E-state index is 11.3. The van der Waals surface area contributed by atoms with E-state index in [0.717, 1.165) is 12.0 Å². The summed E-state index contributed by atoms with van der Waals surface area (Å²) in [4.78, 5) is 21.0. The molecule has 0 atom stereocenters. The molecule has 0 aliphatic heterocycles. The molecule has 0 saturated carbocycles. The molecule has 0 fully saturated rings. The molecule has 20 heavy (non-hydrogen) atoms. The van der Waals surface area contributed by atoms with Crippen LogP contribution in [0.15, 0.2) is 12.1 Å². The van der Waals surface area contributed by atoms with Crippen molar-refractivity contribution in [1.29, 1.82) is 0 Å². The predicted molar refractivity (Wildman–Crippen MR) is 77.2 cm³/mol. The molecule has 0 unspecified atom stereocenters. The number of fused-ring (bicyclic) bond motifs is 1. The van der Waals surface area contributed by atoms with E-state index in [1.165, 1.54) is 6.07 Å². The maximum Gasteiger partial charge on any atom is 0.350 e. The highest BCUT2D eigenvalue weighted by molar-refractivity contribution is 5.66. The van der Waals surface area contributed by atoms with Gasteiger partial charge in [0.25, 0.3) is 0 Å². The lowest BCUT2D eigenvalue weighted by Gasteiger charge is -2.22. The molecule has 0 amide bonds. The number of benzene rings is 1. The Morgan fingerprint density at radius 2 is 1.55 bits per heavy atom. The minimum absolute atomic E-state index is 0. The second-order valence-corrected chi connectivity index (χ2v) is 6.31. The van der Waals surface area contributed by atoms with Crippen molar-refractivity contribution in [2.75, 3.05) is 0 Å². The summed E-state index contributed by atoms with van der Waals surface area (Å²) in [5, 5.41) is 22.3. The molecule has 0 bridgehead atoms. The summed E-state index contributed by atoms with van der Waals surface area (Å²) in [6, 6.07) is 2.91. The highest BCUT2D eigenvalue weighted by atomic mass is 16.6. The van der Waals surface area contributed by atoms with Crippen LogP contribution in [0.2, 0.25) is 0 Å². The van der Waals surface area contributed by atoms with Crippen molar-refractivity contribution in [1.82, 2.24) is 0 Å². The first-order valence-corrected chi connectivity index (χ1v) is 6.05. The van der Waals surface area contributed by atoms with Crippen LogP contribution in [-0.4, -0.2) is 9.85 Å². The Morgan fingerprint density at radius 3 is 2.00 bits per heavy atom. The zero-order valence-corrected chi connectivity index (χ0v) is 11.4. The molecule has 0 radical (unpaired) electrons. The van der Waals surface area contributed by atoms with Gasteiger partial charge >= 0.3 is 11.4 Å². The topological polar surface area (TPSA) is 86.3 Å². The fourth-order valence-electron chi connectivity index (χ4n) is 3.45. The van der Waals surface area contributed by atoms with E-state index in [-0.39, 0.29) is 18.5 Å². The number of rotatable bonds is 2. The Hall–Kier alpha value is -1.98. The van der Waals surface area contributed by atoms with Crippen LogP contribution in [0.1, 0.15) is 52.7 Å². The van der Waals surface area contributed by atoms with Crippen molar-refractivity contribution in [3.8, 4) is 0 Å². The number of hydrogen-bond donors (Lipinski definition) is 0. The second-order valence-electron chi connectivity index (χ2n) is 6.31. The van der Waals surface area contributed by atoms with E-state index in [9.17, 15) is 20.2 Å². The van der Waals surface area contributed by atoms with Gasteiger partial charge < -0.3 is 0 Å². The van der Waals surface area contributed by atoms with Crippen LogP contribution in [-0.2, 0) is 10.8 Å². The largest absolute Gasteiger partial charge is 0.350 e. The lowest BCUT2D eigenvalue weighted by Crippen LogP contribution is -2.18. The van der Waals surface area contributed by atoms with Crippen molar-refractivity contribution in [3.63, 3.8) is 0 Å². The first-order valence-electron chi connectivity index (χ1n) is 6.05. The SMILES string of the molecule is C.CC1(C)CC(C)(C)c2c1ccc([N+](=O)[O-])c2[N+](=O)[O-]. The van der Waals surface area contributed by atoms with Crippen LogP contribution in [0.5, 0.6) is 0 Å². The molecule has 2 rings (SSSR count). The Morgan fingerprint density at radius 1 is 1.00 bits per heavy atom. The van der Waals surface area contributed by atoms with Gasteiger partial charge in [-0.15, -0.1) is 0 Å². The standard InChI is InChI=1S/C13H16N2O4.CH4/c1-12(2)7-13(3,4)10-8(12)5-6-9(14(16)17)11(10)15(18)19;/h5-6H,7H2,1-4H3;1H4. The van der Waals surface area contributed by atoms with Gasteiger partial charge in [-0.2, -0.15) is 0 Å². The van der Waals surface area contributed by atoms with Gasteiger partial charge in [-0.3, -0.25) is 20.2 Å². The third-order valence-corrected chi connectivity index (χ3v) is 3.83. The first-order chi connectivity index (χ1) is 8.58. The zero-order valence-electron chi connectivity index (χ0n) is 11.4. The smallest absolute Gasteiger partial charge is 0.258 e. The Balaban J connectivity index is 0.00000200. The molecule has 0 heterocycles. The van der Waals surface area contributed by atoms with Gasteiger partial charge in [0.05, 0.1) is 9.85 Å². The fraction of sp³-hybridized carbons (Fsp3) is 0.571. The van der Waals surface area contributed by atoms with Crippen LogP contribution in [0, 0.1) is 20.2 Å². The zero-order chi connectivity index (χ0) is 14.6. The lowest BCUT2D eigenvalue weighted by molar-refractivity contribution is -0.423. The predicted octanol–water partition coefficient (Wildman–Crippen LogP) is 4.10. The maximum atomic E-state index is 11.3. The summed E-state index contributed by atoms with van der Waals surface area (Å²) < 4.78 is 0. The molecule has 1 aliphatic carbocycles. The molecule has 1 aromatic rings. The van der Waals surface area contributed by atoms with E-state index in [0.29, 0.717) is 5.56 Å². The van der Waals surface area contributed by atoms with E-state index in [4.69, 9.17) is 0 Å². The van der Waals surface area contributed by atoms with Gasteiger partial charge in [0.2, 0.25) is 0 Å². The molecule has 6 nitrogen and oxygen atoms in total. The third kappa shape index (κ3) is 2.15. The summed E-state index contributed by atoms with van der Waals surface area (Å²) in [7, 11) is 0. The number of hydrogen-bond acceptors (Lipinski definition) is 4. The molecular formula is C14H20N2O4. The molecule has 6 heteroatoms. The van der Waals surface area contributed by atoms with Crippen LogP contribution >= 0.6 is 0 Å². The lowest BCUT2D eigenvalue weighted by atomic mass is 9.81. The monoisotopic (exact) mass is 280 g/mol. The van der Waals surface area contributed by atoms with Gasteiger partial charge in [-0.05, 0) is 22.8 Å². The summed E-state index contributed by atoms with van der Waals surface area (Å²) in [6.45, 7) is 7.82. The van der Waals surface area contributed by atoms with Crippen molar-refractivity contribution in [3.05, 3.63) is 43.5 Å². The molecule has 0 spiro atoms. The first kappa shape index (κ1) is 16.1. The molecule has 1 aromatic carbocycles. The molecule has 0 aromatic heterocycles. The van der Waals surface area contributed by atoms with Crippen LogP contribution in [0.4, 0.5) is 11.4 Å². The normalized spacial score (nSPS) is 18.0. The van der Waals surface area contributed by atoms with Crippen LogP contribution < -0.4 is 0 Å². The van der Waals surface area contributed by atoms with Gasteiger partial charge in [0.15, 0.2) is 0 Å². The Labute approximate surface area is 118 Å². The number of nitro benzene ring substituents is 2. The average Bonchev–Trinajstić information content (AvgIpc) is 2.43. The van der Waals surface area contributed by atoms with Crippen molar-refractivity contribution in [2.45, 2.75) is 52.4 Å². The number of nitro groups is 2. The van der Waals surface area contributed by atoms with Crippen LogP contribution in [0.3, 0.4) is 0 Å². The van der Waals surface area contributed by atoms with E-state index in [1.54, 1.807) is 6.07 Å². The third-order valence-electron chi connectivity index (χ3n) is 3.83.